The van der Waals surface area contributed by atoms with E-state index >= 15 is 0 Å². The van der Waals surface area contributed by atoms with Gasteiger partial charge in [-0.25, -0.2) is 9.59 Å². The second-order valence-corrected chi connectivity index (χ2v) is 15.9. The number of aliphatic hydroxyl groups excluding tert-OH is 2. The summed E-state index contributed by atoms with van der Waals surface area (Å²) in [7, 11) is 3.36. The van der Waals surface area contributed by atoms with Crippen molar-refractivity contribution < 1.29 is 38.7 Å². The zero-order valence-electron chi connectivity index (χ0n) is 29.3. The number of aryl methyl sites for hydroxylation is 2. The Labute approximate surface area is 326 Å². The van der Waals surface area contributed by atoms with Gasteiger partial charge in [0.05, 0.1) is 17.2 Å². The van der Waals surface area contributed by atoms with Gasteiger partial charge in [0.15, 0.2) is 22.7 Å². The zero-order chi connectivity index (χ0) is 37.5. The van der Waals surface area contributed by atoms with Gasteiger partial charge >= 0.3 is 11.9 Å². The molecule has 3 aromatic carbocycles. The van der Waals surface area contributed by atoms with Crippen LogP contribution in [0.15, 0.2) is 64.5 Å². The summed E-state index contributed by atoms with van der Waals surface area (Å²) in [5.74, 6) is -0.953. The molecule has 7 rings (SSSR count). The highest BCUT2D eigenvalue weighted by molar-refractivity contribution is 9.10. The number of rotatable bonds is 5. The number of esters is 2. The average molecular weight is 835 g/mol. The molecule has 4 aliphatic rings. The highest BCUT2D eigenvalue weighted by Crippen LogP contribution is 2.48. The summed E-state index contributed by atoms with van der Waals surface area (Å²) in [5, 5.41) is 23.4. The first kappa shape index (κ1) is 38.7. The number of carbonyl (C=O) groups is 2. The van der Waals surface area contributed by atoms with E-state index in [0.29, 0.717) is 51.9 Å². The van der Waals surface area contributed by atoms with Crippen molar-refractivity contribution in [1.82, 2.24) is 0 Å². The van der Waals surface area contributed by atoms with Crippen LogP contribution in [0.5, 0.6) is 0 Å². The minimum Gasteiger partial charge on any atom is -0.507 e. The fraction of sp³-hybridized carbons (Fsp3) is 0.400. The van der Waals surface area contributed by atoms with Gasteiger partial charge in [-0.1, -0.05) is 46.9 Å². The van der Waals surface area contributed by atoms with E-state index in [4.69, 9.17) is 53.8 Å². The number of benzene rings is 3. The zero-order valence-corrected chi connectivity index (χ0v) is 33.1. The standard InChI is InChI=1S/C23H22Cl2O4.C17H18BrClO4/c1-13-11-18(14-3-5-15(24)6-4-14)19(25)12-17(13)20-21(26)23(29-22(20)27)9-7-16(28-2)8-10-23;1-9-7-12(18)13(19)8-11(9)14-15(20)17(23-16(14)21)5-3-10(22-2)4-6-17/h3-6,11-12,16,26H,7-10H2,1-2H3;7-8,10,20H,3-6H2,1-2H3. The average Bonchev–Trinajstić information content (AvgIpc) is 3.50. The van der Waals surface area contributed by atoms with Crippen molar-refractivity contribution in [2.75, 3.05) is 14.2 Å². The minimum absolute atomic E-state index is 0.00969. The molecule has 0 radical (unpaired) electrons. The van der Waals surface area contributed by atoms with Crippen molar-refractivity contribution in [2.24, 2.45) is 0 Å². The van der Waals surface area contributed by atoms with E-state index in [1.165, 1.54) is 0 Å². The summed E-state index contributed by atoms with van der Waals surface area (Å²) in [6.45, 7) is 3.77. The van der Waals surface area contributed by atoms with E-state index in [2.05, 4.69) is 15.9 Å². The molecule has 276 valence electrons. The summed E-state index contributed by atoms with van der Waals surface area (Å²) in [6, 6.07) is 14.6. The van der Waals surface area contributed by atoms with Crippen LogP contribution in [-0.2, 0) is 28.5 Å². The molecule has 12 heteroatoms. The van der Waals surface area contributed by atoms with Crippen LogP contribution >= 0.6 is 50.7 Å². The van der Waals surface area contributed by atoms with Crippen molar-refractivity contribution in [3.05, 3.63) is 102 Å². The Kier molecular flexibility index (Phi) is 11.4. The van der Waals surface area contributed by atoms with Crippen molar-refractivity contribution >= 4 is 73.8 Å². The molecule has 0 aromatic heterocycles. The lowest BCUT2D eigenvalue weighted by Crippen LogP contribution is -2.38. The van der Waals surface area contributed by atoms with Gasteiger partial charge in [0, 0.05) is 34.3 Å². The maximum atomic E-state index is 12.7. The number of aliphatic hydroxyl groups is 2. The van der Waals surface area contributed by atoms with Gasteiger partial charge in [0.1, 0.15) is 11.1 Å². The largest absolute Gasteiger partial charge is 0.507 e. The molecule has 0 amide bonds. The Bertz CT molecular complexity index is 1960. The predicted molar refractivity (Wildman–Crippen MR) is 206 cm³/mol. The molecule has 52 heavy (non-hydrogen) atoms. The first-order valence-electron chi connectivity index (χ1n) is 17.1. The molecule has 2 N–H and O–H groups in total. The molecular weight excluding hydrogens is 795 g/mol. The van der Waals surface area contributed by atoms with E-state index in [1.54, 1.807) is 38.5 Å². The summed E-state index contributed by atoms with van der Waals surface area (Å²) in [6.07, 6.45) is 5.47. The minimum atomic E-state index is -0.949. The Morgan fingerprint density at radius 3 is 1.54 bits per heavy atom. The molecule has 8 nitrogen and oxygen atoms in total. The Morgan fingerprint density at radius 1 is 0.673 bits per heavy atom. The van der Waals surface area contributed by atoms with Gasteiger partial charge < -0.3 is 29.2 Å². The summed E-state index contributed by atoms with van der Waals surface area (Å²) in [5.41, 5.74) is 3.25. The normalized spacial score (nSPS) is 25.8. The highest BCUT2D eigenvalue weighted by Gasteiger charge is 2.52. The van der Waals surface area contributed by atoms with Crippen LogP contribution in [0.3, 0.4) is 0 Å². The summed E-state index contributed by atoms with van der Waals surface area (Å²) >= 11 is 22.1. The number of methoxy groups -OCH3 is 2. The van der Waals surface area contributed by atoms with Crippen LogP contribution in [-0.4, -0.2) is 59.8 Å². The second kappa shape index (κ2) is 15.4. The van der Waals surface area contributed by atoms with Crippen molar-refractivity contribution in [2.45, 2.75) is 88.6 Å². The molecule has 0 saturated heterocycles. The van der Waals surface area contributed by atoms with Crippen LogP contribution in [0.4, 0.5) is 0 Å². The Hall–Kier alpha value is -3.05. The predicted octanol–water partition coefficient (Wildman–Crippen LogP) is 10.7. The van der Waals surface area contributed by atoms with Gasteiger partial charge in [0.25, 0.3) is 0 Å². The third-order valence-corrected chi connectivity index (χ3v) is 12.5. The first-order chi connectivity index (χ1) is 24.7. The topological polar surface area (TPSA) is 112 Å². The van der Waals surface area contributed by atoms with E-state index in [-0.39, 0.29) is 34.9 Å². The molecule has 0 unspecified atom stereocenters. The third kappa shape index (κ3) is 7.25. The quantitative estimate of drug-likeness (QED) is 0.245. The molecule has 2 aliphatic carbocycles. The number of halogens is 4. The van der Waals surface area contributed by atoms with Crippen LogP contribution in [0, 0.1) is 13.8 Å². The van der Waals surface area contributed by atoms with E-state index in [0.717, 1.165) is 52.4 Å². The number of hydrogen-bond donors (Lipinski definition) is 2. The van der Waals surface area contributed by atoms with Crippen LogP contribution in [0.2, 0.25) is 15.1 Å². The number of carbonyl (C=O) groups excluding carboxylic acids is 2. The van der Waals surface area contributed by atoms with Crippen LogP contribution in [0.25, 0.3) is 22.3 Å². The third-order valence-electron chi connectivity index (χ3n) is 10.7. The van der Waals surface area contributed by atoms with Gasteiger partial charge in [-0.2, -0.15) is 0 Å². The molecule has 2 spiro atoms. The SMILES string of the molecule is COC1CCC2(CC1)OC(=O)C(c1cc(Cl)c(-c3ccc(Cl)cc3)cc1C)=C2O.COC1CCC2(CC1)OC(=O)C(c1cc(Cl)c(Br)cc1C)=C2O. The second-order valence-electron chi connectivity index (χ2n) is 13.8. The van der Waals surface area contributed by atoms with E-state index in [9.17, 15) is 19.8 Å². The smallest absolute Gasteiger partial charge is 0.343 e. The molecule has 2 heterocycles. The number of hydrogen-bond acceptors (Lipinski definition) is 8. The summed E-state index contributed by atoms with van der Waals surface area (Å²) in [4.78, 5) is 25.2. The van der Waals surface area contributed by atoms with Gasteiger partial charge in [-0.15, -0.1) is 0 Å². The molecule has 3 aromatic rings. The van der Waals surface area contributed by atoms with Gasteiger partial charge in [-0.05, 0) is 145 Å². The van der Waals surface area contributed by atoms with Crippen molar-refractivity contribution in [1.29, 1.82) is 0 Å². The van der Waals surface area contributed by atoms with Gasteiger partial charge in [0.2, 0.25) is 0 Å². The van der Waals surface area contributed by atoms with Crippen LogP contribution in [0.1, 0.15) is 73.6 Å². The molecular formula is C40H40BrCl3O8. The highest BCUT2D eigenvalue weighted by atomic mass is 79.9. The molecule has 0 bridgehead atoms. The Morgan fingerprint density at radius 2 is 1.10 bits per heavy atom. The van der Waals surface area contributed by atoms with Crippen molar-refractivity contribution in [3.8, 4) is 11.1 Å². The fourth-order valence-electron chi connectivity index (χ4n) is 7.66. The van der Waals surface area contributed by atoms with E-state index < -0.39 is 23.1 Å². The van der Waals surface area contributed by atoms with Gasteiger partial charge in [-0.3, -0.25) is 0 Å². The lowest BCUT2D eigenvalue weighted by molar-refractivity contribution is -0.152. The molecule has 2 saturated carbocycles. The Balaban J connectivity index is 0.000000183. The summed E-state index contributed by atoms with van der Waals surface area (Å²) < 4.78 is 22.8. The lowest BCUT2D eigenvalue weighted by Gasteiger charge is -2.35. The maximum Gasteiger partial charge on any atom is 0.343 e. The fourth-order valence-corrected chi connectivity index (χ4v) is 8.68. The lowest BCUT2D eigenvalue weighted by atomic mass is 9.81. The monoisotopic (exact) mass is 832 g/mol. The maximum absolute atomic E-state index is 12.7. The number of ether oxygens (including phenoxy) is 4. The van der Waals surface area contributed by atoms with Crippen molar-refractivity contribution in [3.63, 3.8) is 0 Å². The molecule has 0 atom stereocenters. The van der Waals surface area contributed by atoms with E-state index in [1.807, 2.05) is 38.1 Å². The molecule has 2 fully saturated rings. The van der Waals surface area contributed by atoms with Crippen LogP contribution < -0.4 is 0 Å². The molecule has 2 aliphatic heterocycles. The first-order valence-corrected chi connectivity index (χ1v) is 19.1.